The summed E-state index contributed by atoms with van der Waals surface area (Å²) >= 11 is 5.77. The molecular weight excluding hydrogens is 219 g/mol. The quantitative estimate of drug-likeness (QED) is 0.808. The Bertz CT molecular complexity index is 393. The van der Waals surface area contributed by atoms with Crippen LogP contribution in [-0.4, -0.2) is 19.0 Å². The second kappa shape index (κ2) is 4.16. The van der Waals surface area contributed by atoms with Gasteiger partial charge in [0.05, 0.1) is 16.6 Å². The van der Waals surface area contributed by atoms with E-state index in [2.05, 4.69) is 10.6 Å². The summed E-state index contributed by atoms with van der Waals surface area (Å²) in [6.07, 6.45) is 0. The summed E-state index contributed by atoms with van der Waals surface area (Å²) in [5.41, 5.74) is 0.454. The van der Waals surface area contributed by atoms with E-state index in [4.69, 9.17) is 11.6 Å². The minimum atomic E-state index is -0.414. The molecule has 2 rings (SSSR count). The summed E-state index contributed by atoms with van der Waals surface area (Å²) < 4.78 is 12.7. The Morgan fingerprint density at radius 2 is 2.27 bits per heavy atom. The Balaban J connectivity index is 2.06. The Kier molecular flexibility index (Phi) is 2.88. The lowest BCUT2D eigenvalue weighted by atomic mass is 10.0. The van der Waals surface area contributed by atoms with Crippen molar-refractivity contribution >= 4 is 23.2 Å². The zero-order valence-corrected chi connectivity index (χ0v) is 8.64. The number of benzene rings is 1. The predicted molar refractivity (Wildman–Crippen MR) is 56.4 cm³/mol. The number of halogens is 2. The third-order valence-electron chi connectivity index (χ3n) is 2.34. The van der Waals surface area contributed by atoms with Crippen LogP contribution >= 0.6 is 11.6 Å². The van der Waals surface area contributed by atoms with Crippen LogP contribution < -0.4 is 10.6 Å². The molecular formula is C10H10ClFN2O. The molecule has 0 bridgehead atoms. The van der Waals surface area contributed by atoms with Crippen LogP contribution in [0.25, 0.3) is 0 Å². The van der Waals surface area contributed by atoms with Gasteiger partial charge in [0.2, 0.25) is 5.91 Å². The van der Waals surface area contributed by atoms with Crippen molar-refractivity contribution in [3.05, 3.63) is 29.0 Å². The summed E-state index contributed by atoms with van der Waals surface area (Å²) in [4.78, 5) is 11.5. The number of nitrogens with one attached hydrogen (secondary N) is 2. The molecule has 80 valence electrons. The minimum absolute atomic E-state index is 0.00822. The highest BCUT2D eigenvalue weighted by atomic mass is 35.5. The Hall–Kier alpha value is -1.13. The zero-order chi connectivity index (χ0) is 10.8. The van der Waals surface area contributed by atoms with Crippen LogP contribution in [0.1, 0.15) is 0 Å². The molecule has 5 heteroatoms. The number of carbonyl (C=O) groups excluding carboxylic acids is 1. The summed E-state index contributed by atoms with van der Waals surface area (Å²) in [5.74, 6) is -0.503. The molecule has 0 atom stereocenters. The molecule has 1 fully saturated rings. The number of hydrogen-bond acceptors (Lipinski definition) is 2. The van der Waals surface area contributed by atoms with E-state index in [-0.39, 0.29) is 16.8 Å². The predicted octanol–water partition coefficient (Wildman–Crippen LogP) is 1.64. The first-order valence-electron chi connectivity index (χ1n) is 4.63. The first kappa shape index (κ1) is 10.4. The molecule has 0 aliphatic carbocycles. The number of amides is 1. The van der Waals surface area contributed by atoms with Gasteiger partial charge in [-0.25, -0.2) is 4.39 Å². The zero-order valence-electron chi connectivity index (χ0n) is 7.89. The van der Waals surface area contributed by atoms with E-state index in [1.807, 2.05) is 0 Å². The van der Waals surface area contributed by atoms with Gasteiger partial charge in [-0.15, -0.1) is 0 Å². The first-order chi connectivity index (χ1) is 7.16. The number of anilines is 1. The van der Waals surface area contributed by atoms with Gasteiger partial charge in [-0.2, -0.15) is 0 Å². The van der Waals surface area contributed by atoms with Crippen LogP contribution in [0.3, 0.4) is 0 Å². The van der Waals surface area contributed by atoms with Crippen molar-refractivity contribution in [3.8, 4) is 0 Å². The average Bonchev–Trinajstić information content (AvgIpc) is 2.07. The maximum absolute atomic E-state index is 12.7. The summed E-state index contributed by atoms with van der Waals surface area (Å²) in [6, 6.07) is 3.90. The van der Waals surface area contributed by atoms with E-state index in [0.29, 0.717) is 18.8 Å². The standard InChI is InChI=1S/C10H10ClFN2O/c11-8-3-7(12)1-2-9(8)14-10(15)6-4-13-5-6/h1-3,6,13H,4-5H2,(H,14,15). The highest BCUT2D eigenvalue weighted by Crippen LogP contribution is 2.23. The molecule has 1 aliphatic heterocycles. The van der Waals surface area contributed by atoms with Gasteiger partial charge in [0.1, 0.15) is 5.82 Å². The van der Waals surface area contributed by atoms with Gasteiger partial charge in [-0.05, 0) is 18.2 Å². The van der Waals surface area contributed by atoms with Crippen LogP contribution in [0.15, 0.2) is 18.2 Å². The topological polar surface area (TPSA) is 41.1 Å². The highest BCUT2D eigenvalue weighted by molar-refractivity contribution is 6.33. The van der Waals surface area contributed by atoms with Crippen LogP contribution in [0.2, 0.25) is 5.02 Å². The fraction of sp³-hybridized carbons (Fsp3) is 0.300. The molecule has 1 aromatic rings. The molecule has 0 aromatic heterocycles. The van der Waals surface area contributed by atoms with Gasteiger partial charge in [-0.1, -0.05) is 11.6 Å². The highest BCUT2D eigenvalue weighted by Gasteiger charge is 2.25. The Labute approximate surface area is 91.6 Å². The molecule has 1 aliphatic rings. The third kappa shape index (κ3) is 2.27. The van der Waals surface area contributed by atoms with E-state index in [9.17, 15) is 9.18 Å². The minimum Gasteiger partial charge on any atom is -0.324 e. The molecule has 15 heavy (non-hydrogen) atoms. The van der Waals surface area contributed by atoms with Crippen molar-refractivity contribution < 1.29 is 9.18 Å². The average molecular weight is 229 g/mol. The van der Waals surface area contributed by atoms with Gasteiger partial charge in [0, 0.05) is 13.1 Å². The third-order valence-corrected chi connectivity index (χ3v) is 2.65. The molecule has 2 N–H and O–H groups in total. The molecule has 1 aromatic carbocycles. The second-order valence-corrected chi connectivity index (χ2v) is 3.88. The smallest absolute Gasteiger partial charge is 0.230 e. The largest absolute Gasteiger partial charge is 0.324 e. The van der Waals surface area contributed by atoms with E-state index in [0.717, 1.165) is 0 Å². The van der Waals surface area contributed by atoms with E-state index >= 15 is 0 Å². The van der Waals surface area contributed by atoms with Crippen molar-refractivity contribution in [2.45, 2.75) is 0 Å². The molecule has 0 saturated carbocycles. The number of hydrogen-bond donors (Lipinski definition) is 2. The lowest BCUT2D eigenvalue weighted by Crippen LogP contribution is -2.48. The Morgan fingerprint density at radius 3 is 2.80 bits per heavy atom. The second-order valence-electron chi connectivity index (χ2n) is 3.47. The fourth-order valence-electron chi connectivity index (χ4n) is 1.30. The van der Waals surface area contributed by atoms with Gasteiger partial charge >= 0.3 is 0 Å². The maximum Gasteiger partial charge on any atom is 0.230 e. The number of carbonyl (C=O) groups is 1. The van der Waals surface area contributed by atoms with Crippen molar-refractivity contribution in [1.82, 2.24) is 5.32 Å². The lowest BCUT2D eigenvalue weighted by Gasteiger charge is -2.25. The maximum atomic E-state index is 12.7. The van der Waals surface area contributed by atoms with Crippen LogP contribution in [-0.2, 0) is 4.79 Å². The van der Waals surface area contributed by atoms with E-state index in [1.54, 1.807) is 0 Å². The first-order valence-corrected chi connectivity index (χ1v) is 5.01. The van der Waals surface area contributed by atoms with Crippen LogP contribution in [0, 0.1) is 11.7 Å². The summed E-state index contributed by atoms with van der Waals surface area (Å²) in [7, 11) is 0. The van der Waals surface area contributed by atoms with Crippen LogP contribution in [0.4, 0.5) is 10.1 Å². The molecule has 1 saturated heterocycles. The van der Waals surface area contributed by atoms with Crippen molar-refractivity contribution in [3.63, 3.8) is 0 Å². The van der Waals surface area contributed by atoms with Crippen molar-refractivity contribution in [2.24, 2.45) is 5.92 Å². The van der Waals surface area contributed by atoms with Gasteiger partial charge in [0.25, 0.3) is 0 Å². The normalized spacial score (nSPS) is 15.9. The monoisotopic (exact) mass is 228 g/mol. The van der Waals surface area contributed by atoms with E-state index < -0.39 is 5.82 Å². The fourth-order valence-corrected chi connectivity index (χ4v) is 1.51. The van der Waals surface area contributed by atoms with Gasteiger partial charge in [0.15, 0.2) is 0 Å². The van der Waals surface area contributed by atoms with Crippen molar-refractivity contribution in [1.29, 1.82) is 0 Å². The van der Waals surface area contributed by atoms with E-state index in [1.165, 1.54) is 18.2 Å². The SMILES string of the molecule is O=C(Nc1ccc(F)cc1Cl)C1CNC1. The van der Waals surface area contributed by atoms with Gasteiger partial charge in [-0.3, -0.25) is 4.79 Å². The molecule has 1 heterocycles. The van der Waals surface area contributed by atoms with Gasteiger partial charge < -0.3 is 10.6 Å². The summed E-state index contributed by atoms with van der Waals surface area (Å²) in [5, 5.41) is 5.88. The Morgan fingerprint density at radius 1 is 1.53 bits per heavy atom. The summed E-state index contributed by atoms with van der Waals surface area (Å²) in [6.45, 7) is 1.37. The lowest BCUT2D eigenvalue weighted by molar-refractivity contribution is -0.121. The number of rotatable bonds is 2. The molecule has 0 unspecified atom stereocenters. The molecule has 0 spiro atoms. The molecule has 3 nitrogen and oxygen atoms in total. The molecule has 0 radical (unpaired) electrons. The molecule has 1 amide bonds. The van der Waals surface area contributed by atoms with Crippen molar-refractivity contribution in [2.75, 3.05) is 18.4 Å². The van der Waals surface area contributed by atoms with Crippen LogP contribution in [0.5, 0.6) is 0 Å².